The van der Waals surface area contributed by atoms with E-state index in [1.165, 1.54) is 25.3 Å². The number of phenols is 1. The number of amides is 1. The van der Waals surface area contributed by atoms with E-state index in [1.54, 1.807) is 0 Å². The van der Waals surface area contributed by atoms with E-state index in [1.807, 2.05) is 13.8 Å². The van der Waals surface area contributed by atoms with E-state index in [9.17, 15) is 14.7 Å². The van der Waals surface area contributed by atoms with Crippen molar-refractivity contribution in [3.8, 4) is 11.5 Å². The van der Waals surface area contributed by atoms with Crippen molar-refractivity contribution in [2.75, 3.05) is 13.7 Å². The highest BCUT2D eigenvalue weighted by atomic mass is 16.5. The minimum absolute atomic E-state index is 0.0337. The second-order valence-electron chi connectivity index (χ2n) is 4.72. The molecule has 1 aromatic carbocycles. The number of methoxy groups -OCH3 is 1. The highest BCUT2D eigenvalue weighted by Crippen LogP contribution is 2.23. The number of carbonyl (C=O) groups excluding carboxylic acids is 2. The molecule has 0 radical (unpaired) electrons. The molecule has 0 saturated heterocycles. The summed E-state index contributed by atoms with van der Waals surface area (Å²) in [5, 5.41) is 12.3. The van der Waals surface area contributed by atoms with Crippen LogP contribution in [0.5, 0.6) is 11.5 Å². The normalized spacial score (nSPS) is 11.6. The van der Waals surface area contributed by atoms with Gasteiger partial charge in [-0.2, -0.15) is 0 Å². The molecule has 21 heavy (non-hydrogen) atoms. The molecule has 0 spiro atoms. The first kappa shape index (κ1) is 16.8. The van der Waals surface area contributed by atoms with Crippen LogP contribution in [0.1, 0.15) is 37.0 Å². The summed E-state index contributed by atoms with van der Waals surface area (Å²) in [6, 6.07) is 4.24. The second kappa shape index (κ2) is 8.14. The Morgan fingerprint density at radius 3 is 2.71 bits per heavy atom. The zero-order chi connectivity index (χ0) is 15.8. The lowest BCUT2D eigenvalue weighted by molar-refractivity contribution is -0.124. The van der Waals surface area contributed by atoms with E-state index in [4.69, 9.17) is 9.47 Å². The van der Waals surface area contributed by atoms with Gasteiger partial charge in [0.25, 0.3) is 5.91 Å². The molecule has 0 saturated carbocycles. The van der Waals surface area contributed by atoms with E-state index >= 15 is 0 Å². The quantitative estimate of drug-likeness (QED) is 0.750. The average Bonchev–Trinajstić information content (AvgIpc) is 2.45. The Morgan fingerprint density at radius 2 is 2.10 bits per heavy atom. The molecule has 1 atom stereocenters. The van der Waals surface area contributed by atoms with Crippen molar-refractivity contribution in [3.63, 3.8) is 0 Å². The van der Waals surface area contributed by atoms with Gasteiger partial charge in [0.2, 0.25) is 0 Å². The van der Waals surface area contributed by atoms with Gasteiger partial charge in [-0.15, -0.1) is 0 Å². The smallest absolute Gasteiger partial charge is 0.342 e. The van der Waals surface area contributed by atoms with Crippen LogP contribution >= 0.6 is 0 Å². The predicted octanol–water partition coefficient (Wildman–Crippen LogP) is 1.86. The molecule has 0 heterocycles. The second-order valence-corrected chi connectivity index (χ2v) is 4.72. The Morgan fingerprint density at radius 1 is 1.38 bits per heavy atom. The monoisotopic (exact) mass is 295 g/mol. The van der Waals surface area contributed by atoms with Crippen molar-refractivity contribution in [2.24, 2.45) is 0 Å². The van der Waals surface area contributed by atoms with Gasteiger partial charge in [0, 0.05) is 6.04 Å². The summed E-state index contributed by atoms with van der Waals surface area (Å²) in [7, 11) is 1.45. The number of phenolic OH excluding ortho intramolecular Hbond substituents is 1. The molecular weight excluding hydrogens is 274 g/mol. The van der Waals surface area contributed by atoms with Crippen LogP contribution in [-0.4, -0.2) is 36.7 Å². The number of carbonyl (C=O) groups is 2. The summed E-state index contributed by atoms with van der Waals surface area (Å²) in [4.78, 5) is 23.4. The van der Waals surface area contributed by atoms with Crippen molar-refractivity contribution < 1.29 is 24.2 Å². The lowest BCUT2D eigenvalue weighted by Crippen LogP contribution is -2.35. The van der Waals surface area contributed by atoms with E-state index in [-0.39, 0.29) is 29.9 Å². The maximum absolute atomic E-state index is 11.8. The molecule has 1 unspecified atom stereocenters. The predicted molar refractivity (Wildman–Crippen MR) is 77.5 cm³/mol. The number of esters is 1. The Hall–Kier alpha value is -2.24. The van der Waals surface area contributed by atoms with Gasteiger partial charge >= 0.3 is 5.97 Å². The first-order valence-electron chi connectivity index (χ1n) is 6.81. The molecule has 0 aliphatic rings. The molecule has 6 nitrogen and oxygen atoms in total. The minimum Gasteiger partial charge on any atom is -0.507 e. The van der Waals surface area contributed by atoms with Crippen molar-refractivity contribution in [1.82, 2.24) is 5.32 Å². The Kier molecular flexibility index (Phi) is 6.52. The van der Waals surface area contributed by atoms with E-state index in [0.29, 0.717) is 5.75 Å². The summed E-state index contributed by atoms with van der Waals surface area (Å²) in [5.41, 5.74) is -0.0382. The van der Waals surface area contributed by atoms with Gasteiger partial charge in [-0.1, -0.05) is 13.3 Å². The number of nitrogens with one attached hydrogen (secondary N) is 1. The summed E-state index contributed by atoms with van der Waals surface area (Å²) in [6.45, 7) is 3.52. The minimum atomic E-state index is -0.773. The molecule has 6 heteroatoms. The van der Waals surface area contributed by atoms with Crippen LogP contribution in [0.25, 0.3) is 0 Å². The average molecular weight is 295 g/mol. The number of ether oxygens (including phenoxy) is 2. The first-order valence-corrected chi connectivity index (χ1v) is 6.81. The third kappa shape index (κ3) is 5.33. The summed E-state index contributed by atoms with van der Waals surface area (Å²) >= 11 is 0. The van der Waals surface area contributed by atoms with Gasteiger partial charge in [-0.3, -0.25) is 4.79 Å². The molecule has 2 N–H and O–H groups in total. The third-order valence-electron chi connectivity index (χ3n) is 2.89. The number of hydrogen-bond donors (Lipinski definition) is 2. The van der Waals surface area contributed by atoms with E-state index in [2.05, 4.69) is 5.32 Å². The van der Waals surface area contributed by atoms with Gasteiger partial charge in [-0.25, -0.2) is 4.79 Å². The summed E-state index contributed by atoms with van der Waals surface area (Å²) < 4.78 is 9.85. The Bertz CT molecular complexity index is 501. The van der Waals surface area contributed by atoms with Gasteiger partial charge in [-0.05, 0) is 31.5 Å². The van der Waals surface area contributed by atoms with Crippen LogP contribution in [-0.2, 0) is 9.53 Å². The van der Waals surface area contributed by atoms with Gasteiger partial charge in [0.1, 0.15) is 17.1 Å². The molecule has 0 aliphatic heterocycles. The maximum Gasteiger partial charge on any atom is 0.342 e. The van der Waals surface area contributed by atoms with Gasteiger partial charge in [0.05, 0.1) is 7.11 Å². The highest BCUT2D eigenvalue weighted by molar-refractivity contribution is 5.94. The van der Waals surface area contributed by atoms with Crippen LogP contribution in [0.4, 0.5) is 0 Å². The van der Waals surface area contributed by atoms with Crippen LogP contribution < -0.4 is 10.1 Å². The summed E-state index contributed by atoms with van der Waals surface area (Å²) in [6.07, 6.45) is 1.81. The molecule has 0 fully saturated rings. The van der Waals surface area contributed by atoms with E-state index < -0.39 is 5.97 Å². The van der Waals surface area contributed by atoms with Crippen LogP contribution in [0.15, 0.2) is 18.2 Å². The largest absolute Gasteiger partial charge is 0.507 e. The third-order valence-corrected chi connectivity index (χ3v) is 2.89. The molecule has 0 aromatic heterocycles. The molecule has 1 aromatic rings. The van der Waals surface area contributed by atoms with Crippen molar-refractivity contribution in [3.05, 3.63) is 23.8 Å². The molecule has 116 valence electrons. The Labute approximate surface area is 124 Å². The highest BCUT2D eigenvalue weighted by Gasteiger charge is 2.16. The van der Waals surface area contributed by atoms with E-state index in [0.717, 1.165) is 12.8 Å². The van der Waals surface area contributed by atoms with Crippen LogP contribution in [0.2, 0.25) is 0 Å². The zero-order valence-electron chi connectivity index (χ0n) is 12.5. The fourth-order valence-electron chi connectivity index (χ4n) is 1.84. The van der Waals surface area contributed by atoms with Crippen LogP contribution in [0, 0.1) is 0 Å². The molecule has 1 amide bonds. The first-order chi connectivity index (χ1) is 9.97. The zero-order valence-corrected chi connectivity index (χ0v) is 12.5. The molecule has 1 rings (SSSR count). The number of benzene rings is 1. The number of aromatic hydroxyl groups is 1. The van der Waals surface area contributed by atoms with Crippen molar-refractivity contribution in [1.29, 1.82) is 0 Å². The molecular formula is C15H21NO5. The fraction of sp³-hybridized carbons (Fsp3) is 0.467. The fourth-order valence-corrected chi connectivity index (χ4v) is 1.84. The lowest BCUT2D eigenvalue weighted by atomic mass is 10.2. The number of rotatable bonds is 7. The van der Waals surface area contributed by atoms with Crippen molar-refractivity contribution >= 4 is 11.9 Å². The molecule has 0 aliphatic carbocycles. The van der Waals surface area contributed by atoms with Crippen LogP contribution in [0.3, 0.4) is 0 Å². The Balaban J connectivity index is 2.56. The number of hydrogen-bond acceptors (Lipinski definition) is 5. The van der Waals surface area contributed by atoms with Crippen molar-refractivity contribution in [2.45, 2.75) is 32.7 Å². The summed E-state index contributed by atoms with van der Waals surface area (Å²) in [5.74, 6) is -0.947. The van der Waals surface area contributed by atoms with Gasteiger partial charge < -0.3 is 19.9 Å². The molecule has 0 bridgehead atoms. The standard InChI is InChI=1S/C15H21NO5/c1-4-5-10(2)16-14(18)9-21-15(19)12-8-11(20-3)6-7-13(12)17/h6-8,10,17H,4-5,9H2,1-3H3,(H,16,18). The lowest BCUT2D eigenvalue weighted by Gasteiger charge is -2.13. The SMILES string of the molecule is CCCC(C)NC(=O)COC(=O)c1cc(OC)ccc1O. The maximum atomic E-state index is 11.8. The van der Waals surface area contributed by atoms with Gasteiger partial charge in [0.15, 0.2) is 6.61 Å². The topological polar surface area (TPSA) is 84.9 Å².